The molecule has 0 atom stereocenters. The van der Waals surface area contributed by atoms with Crippen molar-refractivity contribution in [2.45, 2.75) is 20.0 Å². The number of hydrogen-bond acceptors (Lipinski definition) is 6. The number of methoxy groups -OCH3 is 1. The molecule has 3 aromatic rings. The summed E-state index contributed by atoms with van der Waals surface area (Å²) in [5.74, 6) is 0.255. The van der Waals surface area contributed by atoms with Crippen molar-refractivity contribution >= 4 is 23.5 Å². The fourth-order valence-electron chi connectivity index (χ4n) is 2.96. The van der Waals surface area contributed by atoms with Crippen LogP contribution in [0.15, 0.2) is 41.2 Å². The molecule has 0 saturated carbocycles. The van der Waals surface area contributed by atoms with Gasteiger partial charge in [-0.3, -0.25) is 14.2 Å². The highest BCUT2D eigenvalue weighted by molar-refractivity contribution is 6.31. The van der Waals surface area contributed by atoms with Gasteiger partial charge >= 0.3 is 11.7 Å². The van der Waals surface area contributed by atoms with Crippen molar-refractivity contribution in [1.29, 1.82) is 0 Å². The Balaban J connectivity index is 1.85. The number of nitrogens with one attached hydrogen (secondary N) is 2. The van der Waals surface area contributed by atoms with Gasteiger partial charge in [-0.1, -0.05) is 23.7 Å². The lowest BCUT2D eigenvalue weighted by Crippen LogP contribution is -2.26. The van der Waals surface area contributed by atoms with Crippen LogP contribution < -0.4 is 15.7 Å². The Morgan fingerprint density at radius 2 is 2.03 bits per heavy atom. The van der Waals surface area contributed by atoms with E-state index in [1.54, 1.807) is 37.4 Å². The Kier molecular flexibility index (Phi) is 7.32. The number of nitrogens with zero attached hydrogens (tertiary/aromatic N) is 2. The van der Waals surface area contributed by atoms with Gasteiger partial charge in [0, 0.05) is 29.7 Å². The number of hydrogen-bond donors (Lipinski definition) is 2. The van der Waals surface area contributed by atoms with Crippen LogP contribution in [0.4, 0.5) is 0 Å². The van der Waals surface area contributed by atoms with Gasteiger partial charge in [0.1, 0.15) is 12.4 Å². The van der Waals surface area contributed by atoms with E-state index in [9.17, 15) is 14.4 Å². The van der Waals surface area contributed by atoms with Crippen LogP contribution >= 0.6 is 11.6 Å². The van der Waals surface area contributed by atoms with Gasteiger partial charge in [0.2, 0.25) is 0 Å². The number of esters is 1. The summed E-state index contributed by atoms with van der Waals surface area (Å²) >= 11 is 6.35. The summed E-state index contributed by atoms with van der Waals surface area (Å²) in [7, 11) is 2.90. The molecule has 0 bridgehead atoms. The van der Waals surface area contributed by atoms with Crippen LogP contribution in [0.2, 0.25) is 5.02 Å². The highest BCUT2D eigenvalue weighted by atomic mass is 35.5. The molecule has 0 saturated heterocycles. The molecule has 0 radical (unpaired) electrons. The zero-order valence-corrected chi connectivity index (χ0v) is 18.7. The van der Waals surface area contributed by atoms with E-state index in [0.717, 1.165) is 11.1 Å². The Morgan fingerprint density at radius 3 is 2.72 bits per heavy atom. The molecule has 10 heteroatoms. The van der Waals surface area contributed by atoms with E-state index in [4.69, 9.17) is 16.3 Å². The van der Waals surface area contributed by atoms with Gasteiger partial charge in [-0.05, 0) is 42.3 Å². The molecule has 1 heterocycles. The summed E-state index contributed by atoms with van der Waals surface area (Å²) in [5, 5.41) is 9.56. The van der Waals surface area contributed by atoms with Crippen LogP contribution in [0.1, 0.15) is 28.2 Å². The number of amides is 1. The van der Waals surface area contributed by atoms with E-state index in [2.05, 4.69) is 20.3 Å². The third-order valence-corrected chi connectivity index (χ3v) is 5.28. The van der Waals surface area contributed by atoms with Crippen molar-refractivity contribution in [2.24, 2.45) is 7.05 Å². The van der Waals surface area contributed by atoms with Crippen molar-refractivity contribution in [3.8, 4) is 16.9 Å². The minimum absolute atomic E-state index is 0.0665. The number of carbonyl (C=O) groups is 2. The second kappa shape index (κ2) is 10.1. The SMILES string of the molecule is COC(=O)CCNC(=O)c1cccc(-c2cc(Cl)c(C)cc2OCc2n[nH]c(=O)n2C)c1. The number of aromatic amines is 1. The van der Waals surface area contributed by atoms with Gasteiger partial charge in [-0.2, -0.15) is 5.10 Å². The maximum atomic E-state index is 12.5. The molecule has 9 nitrogen and oxygen atoms in total. The molecule has 0 aliphatic carbocycles. The predicted octanol–water partition coefficient (Wildman–Crippen LogP) is 2.61. The molecule has 2 N–H and O–H groups in total. The Hall–Kier alpha value is -3.59. The molecule has 0 fully saturated rings. The van der Waals surface area contributed by atoms with E-state index in [-0.39, 0.29) is 31.2 Å². The average Bonchev–Trinajstić information content (AvgIpc) is 3.11. The number of carbonyl (C=O) groups excluding carboxylic acids is 2. The monoisotopic (exact) mass is 458 g/mol. The zero-order chi connectivity index (χ0) is 23.3. The van der Waals surface area contributed by atoms with E-state index in [1.807, 2.05) is 13.0 Å². The highest BCUT2D eigenvalue weighted by Gasteiger charge is 2.14. The van der Waals surface area contributed by atoms with E-state index in [1.165, 1.54) is 11.7 Å². The molecule has 3 rings (SSSR count). The number of halogens is 1. The highest BCUT2D eigenvalue weighted by Crippen LogP contribution is 2.35. The Bertz CT molecular complexity index is 1200. The van der Waals surface area contributed by atoms with Crippen LogP contribution in [0.3, 0.4) is 0 Å². The average molecular weight is 459 g/mol. The van der Waals surface area contributed by atoms with Gasteiger partial charge in [0.25, 0.3) is 5.91 Å². The molecular formula is C22H23ClN4O5. The number of ether oxygens (including phenoxy) is 2. The molecule has 2 aromatic carbocycles. The summed E-state index contributed by atoms with van der Waals surface area (Å²) < 4.78 is 11.9. The minimum Gasteiger partial charge on any atom is -0.485 e. The zero-order valence-electron chi connectivity index (χ0n) is 17.9. The first-order chi connectivity index (χ1) is 15.3. The molecular weight excluding hydrogens is 436 g/mol. The molecule has 1 aromatic heterocycles. The Morgan fingerprint density at radius 1 is 1.25 bits per heavy atom. The van der Waals surface area contributed by atoms with E-state index in [0.29, 0.717) is 27.7 Å². The van der Waals surface area contributed by atoms with Gasteiger partial charge < -0.3 is 14.8 Å². The number of H-pyrrole nitrogens is 1. The van der Waals surface area contributed by atoms with Crippen LogP contribution in [-0.4, -0.2) is 40.3 Å². The van der Waals surface area contributed by atoms with Crippen LogP contribution in [0.25, 0.3) is 11.1 Å². The summed E-state index contributed by atoms with van der Waals surface area (Å²) in [6.07, 6.45) is 0.0865. The molecule has 1 amide bonds. The summed E-state index contributed by atoms with van der Waals surface area (Å²) in [6, 6.07) is 10.5. The van der Waals surface area contributed by atoms with Crippen LogP contribution in [-0.2, 0) is 23.2 Å². The maximum absolute atomic E-state index is 12.5. The lowest BCUT2D eigenvalue weighted by atomic mass is 10.0. The van der Waals surface area contributed by atoms with E-state index < -0.39 is 5.97 Å². The van der Waals surface area contributed by atoms with Crippen molar-refractivity contribution in [3.63, 3.8) is 0 Å². The van der Waals surface area contributed by atoms with Gasteiger partial charge in [-0.15, -0.1) is 0 Å². The van der Waals surface area contributed by atoms with Crippen LogP contribution in [0.5, 0.6) is 5.75 Å². The van der Waals surface area contributed by atoms with Crippen molar-refractivity contribution in [3.05, 3.63) is 68.9 Å². The van der Waals surface area contributed by atoms with Crippen molar-refractivity contribution in [2.75, 3.05) is 13.7 Å². The largest absolute Gasteiger partial charge is 0.485 e. The predicted molar refractivity (Wildman–Crippen MR) is 119 cm³/mol. The second-order valence-corrected chi connectivity index (χ2v) is 7.46. The number of aromatic nitrogens is 3. The number of rotatable bonds is 8. The molecule has 168 valence electrons. The lowest BCUT2D eigenvalue weighted by molar-refractivity contribution is -0.140. The molecule has 0 aliphatic rings. The molecule has 0 spiro atoms. The maximum Gasteiger partial charge on any atom is 0.343 e. The smallest absolute Gasteiger partial charge is 0.343 e. The first-order valence-corrected chi connectivity index (χ1v) is 10.2. The van der Waals surface area contributed by atoms with E-state index >= 15 is 0 Å². The summed E-state index contributed by atoms with van der Waals surface area (Å²) in [5.41, 5.74) is 2.31. The third kappa shape index (κ3) is 5.36. The van der Waals surface area contributed by atoms with Gasteiger partial charge in [0.05, 0.1) is 13.5 Å². The first-order valence-electron chi connectivity index (χ1n) is 9.78. The molecule has 32 heavy (non-hydrogen) atoms. The van der Waals surface area contributed by atoms with Crippen molar-refractivity contribution in [1.82, 2.24) is 20.1 Å². The fourth-order valence-corrected chi connectivity index (χ4v) is 3.12. The molecule has 0 unspecified atom stereocenters. The summed E-state index contributed by atoms with van der Waals surface area (Å²) in [4.78, 5) is 35.3. The Labute approximate surface area is 189 Å². The standard InChI is InChI=1S/C22H23ClN4O5/c1-13-9-18(32-12-19-25-26-22(30)27(19)2)16(11-17(13)23)14-5-4-6-15(10-14)21(29)24-8-7-20(28)31-3/h4-6,9-11H,7-8,12H2,1-3H3,(H,24,29)(H,26,30). The third-order valence-electron chi connectivity index (χ3n) is 4.87. The van der Waals surface area contributed by atoms with Gasteiger partial charge in [0.15, 0.2) is 5.82 Å². The van der Waals surface area contributed by atoms with Gasteiger partial charge in [-0.25, -0.2) is 9.89 Å². The molecule has 0 aliphatic heterocycles. The second-order valence-electron chi connectivity index (χ2n) is 7.05. The fraction of sp³-hybridized carbons (Fsp3) is 0.273. The topological polar surface area (TPSA) is 115 Å². The number of aryl methyl sites for hydroxylation is 1. The number of benzene rings is 2. The van der Waals surface area contributed by atoms with Crippen LogP contribution in [0, 0.1) is 6.92 Å². The quantitative estimate of drug-likeness (QED) is 0.501. The lowest BCUT2D eigenvalue weighted by Gasteiger charge is -2.14. The van der Waals surface area contributed by atoms with Crippen molar-refractivity contribution < 1.29 is 19.1 Å². The normalized spacial score (nSPS) is 10.6. The first kappa shape index (κ1) is 23.1. The minimum atomic E-state index is -0.399. The summed E-state index contributed by atoms with van der Waals surface area (Å²) in [6.45, 7) is 2.09.